The van der Waals surface area contributed by atoms with Gasteiger partial charge in [-0.05, 0) is 36.2 Å². The molecule has 19 heavy (non-hydrogen) atoms. The average molecular weight is 258 g/mol. The van der Waals surface area contributed by atoms with Gasteiger partial charge in [-0.1, -0.05) is 26.0 Å². The Kier molecular flexibility index (Phi) is 4.27. The van der Waals surface area contributed by atoms with E-state index in [1.807, 2.05) is 31.2 Å². The summed E-state index contributed by atoms with van der Waals surface area (Å²) >= 11 is 0. The molecule has 0 saturated carbocycles. The summed E-state index contributed by atoms with van der Waals surface area (Å²) in [6.07, 6.45) is 1.71. The minimum atomic E-state index is -0.186. The van der Waals surface area contributed by atoms with E-state index in [0.29, 0.717) is 18.2 Å². The van der Waals surface area contributed by atoms with Crippen molar-refractivity contribution in [2.75, 3.05) is 0 Å². The zero-order valence-corrected chi connectivity index (χ0v) is 11.6. The van der Waals surface area contributed by atoms with Crippen LogP contribution in [0.3, 0.4) is 0 Å². The fraction of sp³-hybridized carbons (Fsp3) is 0.312. The summed E-state index contributed by atoms with van der Waals surface area (Å²) in [6.45, 7) is 6.74. The molecule has 0 atom stereocenters. The number of hydrogen-bond acceptors (Lipinski definition) is 2. The highest BCUT2D eigenvalue weighted by atomic mass is 19.1. The van der Waals surface area contributed by atoms with E-state index in [1.54, 1.807) is 12.3 Å². The van der Waals surface area contributed by atoms with Gasteiger partial charge in [0.15, 0.2) is 0 Å². The second-order valence-corrected chi connectivity index (χ2v) is 5.04. The van der Waals surface area contributed by atoms with Crippen molar-refractivity contribution in [3.05, 3.63) is 53.6 Å². The Morgan fingerprint density at radius 1 is 1.21 bits per heavy atom. The van der Waals surface area contributed by atoms with Crippen LogP contribution in [0.15, 0.2) is 36.5 Å². The van der Waals surface area contributed by atoms with Gasteiger partial charge in [-0.15, -0.1) is 0 Å². The van der Waals surface area contributed by atoms with Crippen molar-refractivity contribution < 1.29 is 4.39 Å². The number of aromatic nitrogens is 1. The zero-order valence-electron chi connectivity index (χ0n) is 11.6. The Morgan fingerprint density at radius 2 is 2.00 bits per heavy atom. The Morgan fingerprint density at radius 3 is 2.63 bits per heavy atom. The number of rotatable bonds is 4. The molecule has 2 nitrogen and oxygen atoms in total. The van der Waals surface area contributed by atoms with Gasteiger partial charge < -0.3 is 5.32 Å². The van der Waals surface area contributed by atoms with Crippen LogP contribution in [-0.4, -0.2) is 11.0 Å². The lowest BCUT2D eigenvalue weighted by molar-refractivity contribution is 0.582. The molecule has 1 heterocycles. The van der Waals surface area contributed by atoms with Crippen LogP contribution in [0.5, 0.6) is 0 Å². The third-order valence-corrected chi connectivity index (χ3v) is 2.96. The molecular formula is C16H19FN2. The predicted molar refractivity (Wildman–Crippen MR) is 76.3 cm³/mol. The summed E-state index contributed by atoms with van der Waals surface area (Å²) < 4.78 is 14.1. The van der Waals surface area contributed by atoms with Crippen molar-refractivity contribution in [1.29, 1.82) is 0 Å². The molecule has 0 bridgehead atoms. The fourth-order valence-corrected chi connectivity index (χ4v) is 1.94. The molecule has 1 aromatic carbocycles. The normalized spacial score (nSPS) is 11.0. The maximum atomic E-state index is 14.1. The summed E-state index contributed by atoms with van der Waals surface area (Å²) in [5.74, 6) is -0.186. The van der Waals surface area contributed by atoms with Crippen LogP contribution in [0.25, 0.3) is 11.1 Å². The first-order chi connectivity index (χ1) is 9.06. The van der Waals surface area contributed by atoms with Crippen LogP contribution in [0, 0.1) is 12.7 Å². The third kappa shape index (κ3) is 3.61. The van der Waals surface area contributed by atoms with E-state index < -0.39 is 0 Å². The molecular weight excluding hydrogens is 239 g/mol. The van der Waals surface area contributed by atoms with Crippen molar-refractivity contribution in [3.63, 3.8) is 0 Å². The summed E-state index contributed by atoms with van der Waals surface area (Å²) in [5, 5.41) is 3.28. The van der Waals surface area contributed by atoms with Crippen LogP contribution in [-0.2, 0) is 6.54 Å². The number of hydrogen-bond donors (Lipinski definition) is 1. The molecule has 0 spiro atoms. The molecule has 100 valence electrons. The summed E-state index contributed by atoms with van der Waals surface area (Å²) in [6, 6.07) is 9.51. The Balaban J connectivity index is 2.24. The van der Waals surface area contributed by atoms with Gasteiger partial charge in [0.05, 0.1) is 0 Å². The molecule has 0 aliphatic rings. The van der Waals surface area contributed by atoms with E-state index in [9.17, 15) is 4.39 Å². The number of aryl methyl sites for hydroxylation is 1. The van der Waals surface area contributed by atoms with Gasteiger partial charge >= 0.3 is 0 Å². The molecule has 0 fully saturated rings. The molecule has 0 aliphatic carbocycles. The summed E-state index contributed by atoms with van der Waals surface area (Å²) in [7, 11) is 0. The van der Waals surface area contributed by atoms with E-state index in [0.717, 1.165) is 16.8 Å². The molecule has 0 saturated heterocycles. The van der Waals surface area contributed by atoms with Crippen molar-refractivity contribution in [3.8, 4) is 11.1 Å². The highest BCUT2D eigenvalue weighted by Gasteiger charge is 2.07. The maximum absolute atomic E-state index is 14.1. The summed E-state index contributed by atoms with van der Waals surface area (Å²) in [5.41, 5.74) is 3.34. The van der Waals surface area contributed by atoms with Crippen molar-refractivity contribution in [2.45, 2.75) is 33.4 Å². The van der Waals surface area contributed by atoms with Gasteiger partial charge in [0.25, 0.3) is 0 Å². The molecule has 1 aromatic heterocycles. The smallest absolute Gasteiger partial charge is 0.131 e. The lowest BCUT2D eigenvalue weighted by Crippen LogP contribution is -2.21. The minimum Gasteiger partial charge on any atom is -0.310 e. The predicted octanol–water partition coefficient (Wildman–Crippen LogP) is 3.69. The molecule has 0 unspecified atom stereocenters. The Hall–Kier alpha value is -1.74. The van der Waals surface area contributed by atoms with Gasteiger partial charge in [0.1, 0.15) is 5.82 Å². The zero-order chi connectivity index (χ0) is 13.8. The van der Waals surface area contributed by atoms with Gasteiger partial charge in [-0.25, -0.2) is 4.39 Å². The quantitative estimate of drug-likeness (QED) is 0.904. The highest BCUT2D eigenvalue weighted by Crippen LogP contribution is 2.23. The van der Waals surface area contributed by atoms with E-state index >= 15 is 0 Å². The second-order valence-electron chi connectivity index (χ2n) is 5.04. The first-order valence-electron chi connectivity index (χ1n) is 6.51. The molecule has 0 radical (unpaired) electrons. The van der Waals surface area contributed by atoms with Gasteiger partial charge in [0, 0.05) is 30.0 Å². The molecule has 0 aliphatic heterocycles. The number of nitrogens with one attached hydrogen (secondary N) is 1. The number of pyridine rings is 1. The third-order valence-electron chi connectivity index (χ3n) is 2.96. The molecule has 0 amide bonds. The van der Waals surface area contributed by atoms with Crippen molar-refractivity contribution >= 4 is 0 Å². The monoisotopic (exact) mass is 258 g/mol. The number of halogens is 1. The van der Waals surface area contributed by atoms with Gasteiger partial charge in [-0.3, -0.25) is 4.98 Å². The first kappa shape index (κ1) is 13.7. The standard InChI is InChI=1S/C16H19FN2/c1-11(2)19-10-13-4-5-15(16(17)9-13)14-6-7-18-12(3)8-14/h4-9,11,19H,10H2,1-3H3. The first-order valence-corrected chi connectivity index (χ1v) is 6.51. The van der Waals surface area contributed by atoms with E-state index in [1.165, 1.54) is 0 Å². The average Bonchev–Trinajstić information content (AvgIpc) is 2.36. The largest absolute Gasteiger partial charge is 0.310 e. The van der Waals surface area contributed by atoms with Crippen molar-refractivity contribution in [1.82, 2.24) is 10.3 Å². The molecule has 2 aromatic rings. The lowest BCUT2D eigenvalue weighted by atomic mass is 10.0. The highest BCUT2D eigenvalue weighted by molar-refractivity contribution is 5.64. The van der Waals surface area contributed by atoms with E-state index in [-0.39, 0.29) is 5.82 Å². The van der Waals surface area contributed by atoms with Crippen LogP contribution >= 0.6 is 0 Å². The topological polar surface area (TPSA) is 24.9 Å². The van der Waals surface area contributed by atoms with Gasteiger partial charge in [0.2, 0.25) is 0 Å². The molecule has 3 heteroatoms. The second kappa shape index (κ2) is 5.93. The minimum absolute atomic E-state index is 0.186. The molecule has 1 N–H and O–H groups in total. The van der Waals surface area contributed by atoms with E-state index in [2.05, 4.69) is 24.1 Å². The Bertz CT molecular complexity index is 564. The van der Waals surface area contributed by atoms with E-state index in [4.69, 9.17) is 0 Å². The van der Waals surface area contributed by atoms with Crippen molar-refractivity contribution in [2.24, 2.45) is 0 Å². The maximum Gasteiger partial charge on any atom is 0.131 e. The number of nitrogens with zero attached hydrogens (tertiary/aromatic N) is 1. The lowest BCUT2D eigenvalue weighted by Gasteiger charge is -2.10. The van der Waals surface area contributed by atoms with Crippen LogP contribution in [0.1, 0.15) is 25.1 Å². The molecule has 2 rings (SSSR count). The summed E-state index contributed by atoms with van der Waals surface area (Å²) in [4.78, 5) is 4.13. The van der Waals surface area contributed by atoms with Crippen LogP contribution in [0.4, 0.5) is 4.39 Å². The fourth-order valence-electron chi connectivity index (χ4n) is 1.94. The van der Waals surface area contributed by atoms with Gasteiger partial charge in [-0.2, -0.15) is 0 Å². The van der Waals surface area contributed by atoms with Crippen LogP contribution < -0.4 is 5.32 Å². The SMILES string of the molecule is Cc1cc(-c2ccc(CNC(C)C)cc2F)ccn1. The Labute approximate surface area is 113 Å². The number of benzene rings is 1. The van der Waals surface area contributed by atoms with Crippen LogP contribution in [0.2, 0.25) is 0 Å².